The molecule has 162 valence electrons. The van der Waals surface area contributed by atoms with E-state index in [1.807, 2.05) is 35.2 Å². The summed E-state index contributed by atoms with van der Waals surface area (Å²) in [6, 6.07) is 18.5. The molecule has 0 radical (unpaired) electrons. The van der Waals surface area contributed by atoms with Crippen LogP contribution in [0.1, 0.15) is 27.7 Å². The Kier molecular flexibility index (Phi) is 4.50. The zero-order chi connectivity index (χ0) is 21.7. The lowest BCUT2D eigenvalue weighted by atomic mass is 10.1. The van der Waals surface area contributed by atoms with Crippen molar-refractivity contribution < 1.29 is 13.9 Å². The molecule has 3 aromatic rings. The monoisotopic (exact) mass is 430 g/mol. The molecule has 6 nitrogen and oxygen atoms in total. The first-order valence-electron chi connectivity index (χ1n) is 10.9. The Hall–Kier alpha value is -3.58. The van der Waals surface area contributed by atoms with Crippen LogP contribution in [0.25, 0.3) is 0 Å². The van der Waals surface area contributed by atoms with Crippen LogP contribution in [0.5, 0.6) is 0 Å². The average molecular weight is 430 g/mol. The molecule has 1 fully saturated rings. The van der Waals surface area contributed by atoms with Gasteiger partial charge in [-0.25, -0.2) is 4.39 Å². The quantitative estimate of drug-likeness (QED) is 0.647. The Morgan fingerprint density at radius 1 is 0.875 bits per heavy atom. The maximum Gasteiger partial charge on any atom is 0.258 e. The minimum atomic E-state index is -0.254. The number of hydrogen-bond acceptors (Lipinski definition) is 5. The first-order valence-corrected chi connectivity index (χ1v) is 10.9. The molecule has 6 rings (SSSR count). The summed E-state index contributed by atoms with van der Waals surface area (Å²) in [6.07, 6.45) is -0.136. The van der Waals surface area contributed by atoms with Gasteiger partial charge in [0.2, 0.25) is 0 Å². The second-order valence-corrected chi connectivity index (χ2v) is 8.34. The van der Waals surface area contributed by atoms with E-state index in [0.717, 1.165) is 65.7 Å². The van der Waals surface area contributed by atoms with E-state index in [1.54, 1.807) is 12.1 Å². The fraction of sp³-hybridized carbons (Fsp3) is 0.240. The van der Waals surface area contributed by atoms with Crippen LogP contribution in [0.2, 0.25) is 0 Å². The Balaban J connectivity index is 1.23. The van der Waals surface area contributed by atoms with Crippen molar-refractivity contribution in [2.24, 2.45) is 0 Å². The molecule has 3 aromatic carbocycles. The third-order valence-corrected chi connectivity index (χ3v) is 6.39. The Bertz CT molecular complexity index is 1190. The SMILES string of the molecule is O=C1c2ccc(N3CCOCC3)cc2CN1c1ccc2c(c1)NC(c1ccc(F)cc1)N2. The summed E-state index contributed by atoms with van der Waals surface area (Å²) in [4.78, 5) is 17.2. The standard InChI is InChI=1S/C25H23FN4O2/c26-18-3-1-16(2-4-18)24-27-22-8-6-20(14-23(22)28-24)30-15-17-13-19(5-7-21(17)25(30)31)29-9-11-32-12-10-29/h1-8,13-14,24,27-28H,9-12,15H2. The van der Waals surface area contributed by atoms with Gasteiger partial charge in [0.25, 0.3) is 5.91 Å². The number of carbonyl (C=O) groups excluding carboxylic acids is 1. The number of rotatable bonds is 3. The summed E-state index contributed by atoms with van der Waals surface area (Å²) >= 11 is 0. The summed E-state index contributed by atoms with van der Waals surface area (Å²) in [7, 11) is 0. The molecular formula is C25H23FN4O2. The predicted molar refractivity (Wildman–Crippen MR) is 123 cm³/mol. The number of nitrogens with one attached hydrogen (secondary N) is 2. The first-order chi connectivity index (χ1) is 15.7. The smallest absolute Gasteiger partial charge is 0.258 e. The average Bonchev–Trinajstić information content (AvgIpc) is 3.40. The number of anilines is 4. The van der Waals surface area contributed by atoms with Crippen LogP contribution in [-0.4, -0.2) is 32.2 Å². The van der Waals surface area contributed by atoms with Gasteiger partial charge >= 0.3 is 0 Å². The molecular weight excluding hydrogens is 407 g/mol. The van der Waals surface area contributed by atoms with Crippen LogP contribution >= 0.6 is 0 Å². The molecule has 0 spiro atoms. The molecule has 3 aliphatic rings. The van der Waals surface area contributed by atoms with Crippen LogP contribution in [0.4, 0.5) is 27.1 Å². The predicted octanol–water partition coefficient (Wildman–Crippen LogP) is 4.36. The first kappa shape index (κ1) is 19.1. The molecule has 0 aromatic heterocycles. The van der Waals surface area contributed by atoms with Gasteiger partial charge in [0, 0.05) is 30.0 Å². The summed E-state index contributed by atoms with van der Waals surface area (Å²) < 4.78 is 18.7. The number of hydrogen-bond donors (Lipinski definition) is 2. The van der Waals surface area contributed by atoms with E-state index in [4.69, 9.17) is 4.74 Å². The third-order valence-electron chi connectivity index (χ3n) is 6.39. The second-order valence-electron chi connectivity index (χ2n) is 8.34. The maximum absolute atomic E-state index is 13.3. The van der Waals surface area contributed by atoms with Crippen molar-refractivity contribution in [3.63, 3.8) is 0 Å². The second kappa shape index (κ2) is 7.53. The van der Waals surface area contributed by atoms with Gasteiger partial charge in [0.15, 0.2) is 0 Å². The zero-order valence-electron chi connectivity index (χ0n) is 17.5. The molecule has 3 aliphatic heterocycles. The van der Waals surface area contributed by atoms with Gasteiger partial charge in [0.1, 0.15) is 12.0 Å². The van der Waals surface area contributed by atoms with E-state index >= 15 is 0 Å². The highest BCUT2D eigenvalue weighted by Gasteiger charge is 2.31. The number of halogens is 1. The molecule has 1 saturated heterocycles. The highest BCUT2D eigenvalue weighted by molar-refractivity contribution is 6.10. The molecule has 7 heteroatoms. The van der Waals surface area contributed by atoms with Gasteiger partial charge in [-0.2, -0.15) is 0 Å². The van der Waals surface area contributed by atoms with Gasteiger partial charge in [-0.3, -0.25) is 4.79 Å². The van der Waals surface area contributed by atoms with Crippen LogP contribution in [-0.2, 0) is 11.3 Å². The van der Waals surface area contributed by atoms with Gasteiger partial charge in [-0.15, -0.1) is 0 Å². The fourth-order valence-electron chi connectivity index (χ4n) is 4.65. The van der Waals surface area contributed by atoms with Gasteiger partial charge < -0.3 is 25.2 Å². The van der Waals surface area contributed by atoms with Crippen molar-refractivity contribution in [3.05, 3.63) is 83.2 Å². The number of morpholine rings is 1. The largest absolute Gasteiger partial charge is 0.378 e. The lowest BCUT2D eigenvalue weighted by Crippen LogP contribution is -2.36. The Labute approximate surface area is 185 Å². The van der Waals surface area contributed by atoms with E-state index in [0.29, 0.717) is 6.54 Å². The topological polar surface area (TPSA) is 56.8 Å². The van der Waals surface area contributed by atoms with Crippen molar-refractivity contribution >= 4 is 28.7 Å². The van der Waals surface area contributed by atoms with Crippen LogP contribution in [0.3, 0.4) is 0 Å². The summed E-state index contributed by atoms with van der Waals surface area (Å²) in [5, 5.41) is 6.84. The molecule has 0 aliphatic carbocycles. The highest BCUT2D eigenvalue weighted by atomic mass is 19.1. The van der Waals surface area contributed by atoms with Gasteiger partial charge in [-0.1, -0.05) is 12.1 Å². The van der Waals surface area contributed by atoms with Crippen LogP contribution in [0.15, 0.2) is 60.7 Å². The van der Waals surface area contributed by atoms with Crippen molar-refractivity contribution in [2.45, 2.75) is 12.7 Å². The molecule has 0 saturated carbocycles. The summed E-state index contributed by atoms with van der Waals surface area (Å²) in [5.41, 5.74) is 6.64. The van der Waals surface area contributed by atoms with Crippen molar-refractivity contribution in [1.82, 2.24) is 0 Å². The molecule has 1 atom stereocenters. The van der Waals surface area contributed by atoms with Crippen LogP contribution < -0.4 is 20.4 Å². The molecule has 0 bridgehead atoms. The number of benzene rings is 3. The van der Waals surface area contributed by atoms with Crippen molar-refractivity contribution in [1.29, 1.82) is 0 Å². The number of ether oxygens (including phenoxy) is 1. The lowest BCUT2D eigenvalue weighted by molar-refractivity contribution is 0.0996. The summed E-state index contributed by atoms with van der Waals surface area (Å²) in [5.74, 6) is -0.232. The Morgan fingerprint density at radius 3 is 2.44 bits per heavy atom. The zero-order valence-corrected chi connectivity index (χ0v) is 17.5. The Morgan fingerprint density at radius 2 is 1.62 bits per heavy atom. The summed E-state index contributed by atoms with van der Waals surface area (Å²) in [6.45, 7) is 3.76. The minimum Gasteiger partial charge on any atom is -0.378 e. The number of amides is 1. The molecule has 1 unspecified atom stereocenters. The van der Waals surface area contributed by atoms with Crippen LogP contribution in [0, 0.1) is 5.82 Å². The molecule has 2 N–H and O–H groups in total. The fourth-order valence-corrected chi connectivity index (χ4v) is 4.65. The van der Waals surface area contributed by atoms with Crippen molar-refractivity contribution in [3.8, 4) is 0 Å². The normalized spacial score (nSPS) is 19.4. The van der Waals surface area contributed by atoms with E-state index < -0.39 is 0 Å². The van der Waals surface area contributed by atoms with E-state index in [9.17, 15) is 9.18 Å². The highest BCUT2D eigenvalue weighted by Crippen LogP contribution is 2.40. The number of nitrogens with zero attached hydrogens (tertiary/aromatic N) is 2. The lowest BCUT2D eigenvalue weighted by Gasteiger charge is -2.29. The molecule has 3 heterocycles. The van der Waals surface area contributed by atoms with Gasteiger partial charge in [-0.05, 0) is 59.7 Å². The van der Waals surface area contributed by atoms with E-state index in [2.05, 4.69) is 21.6 Å². The number of carbonyl (C=O) groups is 1. The van der Waals surface area contributed by atoms with E-state index in [1.165, 1.54) is 12.1 Å². The van der Waals surface area contributed by atoms with Crippen molar-refractivity contribution in [2.75, 3.05) is 46.7 Å². The van der Waals surface area contributed by atoms with E-state index in [-0.39, 0.29) is 17.9 Å². The third kappa shape index (κ3) is 3.26. The minimum absolute atomic E-state index is 0.0227. The molecule has 32 heavy (non-hydrogen) atoms. The maximum atomic E-state index is 13.3. The number of fused-ring (bicyclic) bond motifs is 2. The van der Waals surface area contributed by atoms with Gasteiger partial charge in [0.05, 0.1) is 31.1 Å². The molecule has 1 amide bonds.